The Kier molecular flexibility index (Phi) is 3.30. The third-order valence-corrected chi connectivity index (χ3v) is 1.96. The fraction of sp³-hybridized carbons (Fsp3) is 1.00. The molecule has 1 rings (SSSR count). The zero-order valence-electron chi connectivity index (χ0n) is 7.65. The molecule has 3 heteroatoms. The Morgan fingerprint density at radius 3 is 2.45 bits per heavy atom. The van der Waals surface area contributed by atoms with Crippen LogP contribution < -0.4 is 16.2 Å². The van der Waals surface area contributed by atoms with E-state index in [0.29, 0.717) is 12.3 Å². The Morgan fingerprint density at radius 1 is 1.27 bits per heavy atom. The monoisotopic (exact) mass is 157 g/mol. The van der Waals surface area contributed by atoms with Gasteiger partial charge in [0.05, 0.1) is 12.3 Å². The van der Waals surface area contributed by atoms with Crippen LogP contribution in [-0.4, -0.2) is 12.3 Å². The van der Waals surface area contributed by atoms with Gasteiger partial charge in [0.2, 0.25) is 0 Å². The number of nitrogens with one attached hydrogen (secondary N) is 3. The zero-order valence-corrected chi connectivity index (χ0v) is 7.65. The molecule has 0 aromatic heterocycles. The van der Waals surface area contributed by atoms with Gasteiger partial charge in [-0.05, 0) is 25.7 Å². The highest BCUT2D eigenvalue weighted by molar-refractivity contribution is 4.73. The maximum absolute atomic E-state index is 3.39. The van der Waals surface area contributed by atoms with Crippen molar-refractivity contribution in [2.45, 2.75) is 45.9 Å². The Labute approximate surface area is 68.9 Å². The summed E-state index contributed by atoms with van der Waals surface area (Å²) in [6.07, 6.45) is 3.35. The van der Waals surface area contributed by atoms with Crippen LogP contribution in [0.1, 0.15) is 33.6 Å². The summed E-state index contributed by atoms with van der Waals surface area (Å²) in [6.45, 7) is 6.62. The van der Waals surface area contributed by atoms with Crippen LogP contribution in [0.5, 0.6) is 0 Å². The van der Waals surface area contributed by atoms with Crippen LogP contribution in [-0.2, 0) is 0 Å². The Morgan fingerprint density at radius 2 is 2.00 bits per heavy atom. The molecule has 0 amide bonds. The lowest BCUT2D eigenvalue weighted by molar-refractivity contribution is 0.431. The first-order chi connectivity index (χ1) is 5.18. The maximum Gasteiger partial charge on any atom is 0.0716 e. The summed E-state index contributed by atoms with van der Waals surface area (Å²) in [6, 6.07) is 0. The molecule has 1 fully saturated rings. The number of rotatable bonds is 3. The highest BCUT2D eigenvalue weighted by Crippen LogP contribution is 2.06. The third kappa shape index (κ3) is 3.18. The van der Waals surface area contributed by atoms with E-state index in [0.717, 1.165) is 5.92 Å². The van der Waals surface area contributed by atoms with E-state index in [9.17, 15) is 0 Å². The van der Waals surface area contributed by atoms with Gasteiger partial charge in [-0.25, -0.2) is 10.9 Å². The van der Waals surface area contributed by atoms with E-state index in [-0.39, 0.29) is 0 Å². The summed E-state index contributed by atoms with van der Waals surface area (Å²) in [5.41, 5.74) is 6.33. The average molecular weight is 157 g/mol. The van der Waals surface area contributed by atoms with Gasteiger partial charge >= 0.3 is 0 Å². The highest BCUT2D eigenvalue weighted by Gasteiger charge is 2.17. The quantitative estimate of drug-likeness (QED) is 0.567. The normalized spacial score (nSPS) is 31.6. The molecular formula is C8H19N3. The van der Waals surface area contributed by atoms with Crippen LogP contribution in [0.3, 0.4) is 0 Å². The molecular weight excluding hydrogens is 138 g/mol. The minimum atomic E-state index is 0.409. The largest absolute Gasteiger partial charge is 0.285 e. The number of hydrogen-bond donors (Lipinski definition) is 3. The number of hydrazine groups is 1. The van der Waals surface area contributed by atoms with Crippen molar-refractivity contribution >= 4 is 0 Å². The van der Waals surface area contributed by atoms with E-state index in [1.165, 1.54) is 12.8 Å². The first-order valence-corrected chi connectivity index (χ1v) is 4.45. The second kappa shape index (κ2) is 4.04. The molecule has 66 valence electrons. The molecule has 0 aromatic carbocycles. The molecule has 3 nitrogen and oxygen atoms in total. The van der Waals surface area contributed by atoms with E-state index in [2.05, 4.69) is 36.9 Å². The van der Waals surface area contributed by atoms with E-state index in [4.69, 9.17) is 0 Å². The zero-order chi connectivity index (χ0) is 8.27. The van der Waals surface area contributed by atoms with Crippen molar-refractivity contribution in [3.63, 3.8) is 0 Å². The first-order valence-electron chi connectivity index (χ1n) is 4.45. The van der Waals surface area contributed by atoms with Crippen LogP contribution in [0, 0.1) is 5.92 Å². The van der Waals surface area contributed by atoms with E-state index in [1.807, 2.05) is 0 Å². The molecule has 0 radical (unpaired) electrons. The number of hydrogen-bond acceptors (Lipinski definition) is 3. The van der Waals surface area contributed by atoms with Gasteiger partial charge in [0.15, 0.2) is 0 Å². The van der Waals surface area contributed by atoms with Gasteiger partial charge in [-0.2, -0.15) is 0 Å². The van der Waals surface area contributed by atoms with E-state index >= 15 is 0 Å². The van der Waals surface area contributed by atoms with Gasteiger partial charge in [0.1, 0.15) is 0 Å². The van der Waals surface area contributed by atoms with Crippen LogP contribution >= 0.6 is 0 Å². The summed E-state index contributed by atoms with van der Waals surface area (Å²) < 4.78 is 0. The van der Waals surface area contributed by atoms with E-state index < -0.39 is 0 Å². The summed E-state index contributed by atoms with van der Waals surface area (Å²) >= 11 is 0. The highest BCUT2D eigenvalue weighted by atomic mass is 15.5. The van der Waals surface area contributed by atoms with Crippen LogP contribution in [0.2, 0.25) is 0 Å². The van der Waals surface area contributed by atoms with Crippen molar-refractivity contribution in [1.82, 2.24) is 16.2 Å². The fourth-order valence-electron chi connectivity index (χ4n) is 1.27. The second-order valence-corrected chi connectivity index (χ2v) is 3.70. The SMILES string of the molecule is CC(C)CCC1NNC(C)N1. The van der Waals surface area contributed by atoms with Gasteiger partial charge in [-0.15, -0.1) is 0 Å². The molecule has 0 aromatic rings. The van der Waals surface area contributed by atoms with Gasteiger partial charge in [0, 0.05) is 0 Å². The van der Waals surface area contributed by atoms with E-state index in [1.54, 1.807) is 0 Å². The molecule has 2 atom stereocenters. The molecule has 1 heterocycles. The molecule has 1 aliphatic heterocycles. The topological polar surface area (TPSA) is 36.1 Å². The smallest absolute Gasteiger partial charge is 0.0716 e. The minimum absolute atomic E-state index is 0.409. The van der Waals surface area contributed by atoms with Crippen molar-refractivity contribution in [2.24, 2.45) is 5.92 Å². The van der Waals surface area contributed by atoms with Gasteiger partial charge < -0.3 is 0 Å². The Bertz CT molecular complexity index is 114. The van der Waals surface area contributed by atoms with Crippen LogP contribution in [0.25, 0.3) is 0 Å². The summed E-state index contributed by atoms with van der Waals surface area (Å²) in [7, 11) is 0. The molecule has 0 spiro atoms. The van der Waals surface area contributed by atoms with Gasteiger partial charge in [-0.3, -0.25) is 5.32 Å². The lowest BCUT2D eigenvalue weighted by Crippen LogP contribution is -2.33. The summed E-state index contributed by atoms with van der Waals surface area (Å²) in [5, 5.41) is 3.39. The third-order valence-electron chi connectivity index (χ3n) is 1.96. The molecule has 1 saturated heterocycles. The Hall–Kier alpha value is -0.120. The van der Waals surface area contributed by atoms with Crippen molar-refractivity contribution in [1.29, 1.82) is 0 Å². The molecule has 1 aliphatic rings. The predicted molar refractivity (Wildman–Crippen MR) is 46.7 cm³/mol. The second-order valence-electron chi connectivity index (χ2n) is 3.70. The van der Waals surface area contributed by atoms with Crippen LogP contribution in [0.4, 0.5) is 0 Å². The first kappa shape index (κ1) is 8.97. The molecule has 2 unspecified atom stereocenters. The molecule has 0 bridgehead atoms. The lowest BCUT2D eigenvalue weighted by Gasteiger charge is -2.11. The van der Waals surface area contributed by atoms with Gasteiger partial charge in [-0.1, -0.05) is 13.8 Å². The average Bonchev–Trinajstić information content (AvgIpc) is 2.31. The van der Waals surface area contributed by atoms with Gasteiger partial charge in [0.25, 0.3) is 0 Å². The van der Waals surface area contributed by atoms with Crippen molar-refractivity contribution in [3.8, 4) is 0 Å². The maximum atomic E-state index is 3.39. The summed E-state index contributed by atoms with van der Waals surface area (Å²) in [5.74, 6) is 0.800. The lowest BCUT2D eigenvalue weighted by atomic mass is 10.1. The van der Waals surface area contributed by atoms with Crippen molar-refractivity contribution in [2.75, 3.05) is 0 Å². The Balaban J connectivity index is 2.08. The van der Waals surface area contributed by atoms with Crippen molar-refractivity contribution < 1.29 is 0 Å². The molecule has 11 heavy (non-hydrogen) atoms. The minimum Gasteiger partial charge on any atom is -0.285 e. The summed E-state index contributed by atoms with van der Waals surface area (Å²) in [4.78, 5) is 0. The fourth-order valence-corrected chi connectivity index (χ4v) is 1.27. The molecule has 0 aliphatic carbocycles. The van der Waals surface area contributed by atoms with Crippen molar-refractivity contribution in [3.05, 3.63) is 0 Å². The standard InChI is InChI=1S/C8H19N3/c1-6(2)4-5-8-9-7(3)10-11-8/h6-11H,4-5H2,1-3H3. The molecule has 3 N–H and O–H groups in total. The van der Waals surface area contributed by atoms with Crippen LogP contribution in [0.15, 0.2) is 0 Å². The predicted octanol–water partition coefficient (Wildman–Crippen LogP) is 0.792. The molecule has 0 saturated carbocycles.